The van der Waals surface area contributed by atoms with Gasteiger partial charge in [0.2, 0.25) is 0 Å². The van der Waals surface area contributed by atoms with Crippen LogP contribution in [-0.2, 0) is 0 Å². The molecule has 0 fully saturated rings. The fraction of sp³-hybridized carbons (Fsp3) is 0.417. The molecule has 2 rings (SSSR count). The molecule has 0 aliphatic heterocycles. The summed E-state index contributed by atoms with van der Waals surface area (Å²) in [5.41, 5.74) is 7.83. The van der Waals surface area contributed by atoms with Crippen molar-refractivity contribution >= 4 is 0 Å². The van der Waals surface area contributed by atoms with Gasteiger partial charge in [-0.15, -0.1) is 0 Å². The minimum atomic E-state index is 0.295. The highest BCUT2D eigenvalue weighted by Gasteiger charge is 2.17. The summed E-state index contributed by atoms with van der Waals surface area (Å²) in [6, 6.07) is 3.99. The fourth-order valence-corrected chi connectivity index (χ4v) is 1.86. The van der Waals surface area contributed by atoms with E-state index in [0.29, 0.717) is 18.4 Å². The Labute approximate surface area is 95.3 Å². The van der Waals surface area contributed by atoms with Crippen molar-refractivity contribution in [2.24, 2.45) is 11.7 Å². The number of nitrogens with two attached hydrogens (primary N) is 1. The van der Waals surface area contributed by atoms with Crippen molar-refractivity contribution in [1.82, 2.24) is 15.0 Å². The molecule has 1 unspecified atom stereocenters. The second kappa shape index (κ2) is 4.53. The third-order valence-corrected chi connectivity index (χ3v) is 2.89. The number of H-pyrrole nitrogens is 2. The lowest BCUT2D eigenvalue weighted by Gasteiger charge is -2.15. The molecule has 0 bridgehead atoms. The van der Waals surface area contributed by atoms with E-state index in [1.54, 1.807) is 0 Å². The molecule has 0 radical (unpaired) electrons. The van der Waals surface area contributed by atoms with Crippen LogP contribution in [0.4, 0.5) is 0 Å². The first kappa shape index (κ1) is 11.0. The second-order valence-corrected chi connectivity index (χ2v) is 4.35. The van der Waals surface area contributed by atoms with Crippen molar-refractivity contribution in [1.29, 1.82) is 0 Å². The summed E-state index contributed by atoms with van der Waals surface area (Å²) in [7, 11) is 0. The molecule has 86 valence electrons. The number of rotatable bonds is 4. The van der Waals surface area contributed by atoms with E-state index in [1.807, 2.05) is 24.5 Å². The highest BCUT2D eigenvalue weighted by Crippen LogP contribution is 2.23. The van der Waals surface area contributed by atoms with Crippen LogP contribution in [0.15, 0.2) is 24.5 Å². The molecular formula is C12H18N4. The largest absolute Gasteiger partial charge is 0.360 e. The number of nitrogens with one attached hydrogen (secondary N) is 2. The first-order valence-corrected chi connectivity index (χ1v) is 5.61. The Kier molecular flexibility index (Phi) is 3.10. The number of aromatic nitrogens is 3. The van der Waals surface area contributed by atoms with Gasteiger partial charge >= 0.3 is 0 Å². The van der Waals surface area contributed by atoms with Gasteiger partial charge in [-0.1, -0.05) is 13.8 Å². The molecule has 1 atom stereocenters. The third kappa shape index (κ3) is 2.02. The van der Waals surface area contributed by atoms with Gasteiger partial charge in [0.25, 0.3) is 0 Å². The summed E-state index contributed by atoms with van der Waals surface area (Å²) >= 11 is 0. The smallest absolute Gasteiger partial charge is 0.111 e. The van der Waals surface area contributed by atoms with Gasteiger partial charge in [-0.3, -0.25) is 0 Å². The number of imidazole rings is 1. The fourth-order valence-electron chi connectivity index (χ4n) is 1.86. The molecule has 4 N–H and O–H groups in total. The molecule has 0 saturated heterocycles. The highest BCUT2D eigenvalue weighted by atomic mass is 14.9. The Bertz CT molecular complexity index is 428. The lowest BCUT2D eigenvalue weighted by molar-refractivity contribution is 0.487. The van der Waals surface area contributed by atoms with E-state index in [2.05, 4.69) is 28.8 Å². The summed E-state index contributed by atoms with van der Waals surface area (Å²) in [6.45, 7) is 4.94. The van der Waals surface area contributed by atoms with Crippen LogP contribution >= 0.6 is 0 Å². The maximum absolute atomic E-state index is 5.77. The molecule has 0 amide bonds. The van der Waals surface area contributed by atoms with Crippen molar-refractivity contribution in [3.05, 3.63) is 30.4 Å². The lowest BCUT2D eigenvalue weighted by atomic mass is 9.95. The predicted molar refractivity (Wildman–Crippen MR) is 65.0 cm³/mol. The summed E-state index contributed by atoms with van der Waals surface area (Å²) in [5.74, 6) is 1.76. The van der Waals surface area contributed by atoms with Crippen LogP contribution in [0.5, 0.6) is 0 Å². The summed E-state index contributed by atoms with van der Waals surface area (Å²) < 4.78 is 0. The first-order valence-electron chi connectivity index (χ1n) is 5.61. The number of hydrogen-bond donors (Lipinski definition) is 3. The summed E-state index contributed by atoms with van der Waals surface area (Å²) in [4.78, 5) is 10.9. The van der Waals surface area contributed by atoms with E-state index < -0.39 is 0 Å². The van der Waals surface area contributed by atoms with Crippen molar-refractivity contribution in [2.45, 2.75) is 19.8 Å². The van der Waals surface area contributed by atoms with E-state index in [4.69, 9.17) is 5.73 Å². The van der Waals surface area contributed by atoms with Gasteiger partial charge in [-0.05, 0) is 18.1 Å². The standard InChI is InChI=1S/C12H18N4/c1-8(2)9(6-13)12-15-7-11(16-12)10-4-3-5-14-10/h3-5,7-9,14H,6,13H2,1-2H3,(H,15,16). The Balaban J connectivity index is 2.25. The van der Waals surface area contributed by atoms with Gasteiger partial charge in [0.15, 0.2) is 0 Å². The van der Waals surface area contributed by atoms with Crippen LogP contribution in [0, 0.1) is 5.92 Å². The van der Waals surface area contributed by atoms with Gasteiger partial charge < -0.3 is 15.7 Å². The van der Waals surface area contributed by atoms with Gasteiger partial charge in [0, 0.05) is 18.7 Å². The van der Waals surface area contributed by atoms with Gasteiger partial charge in [0.05, 0.1) is 17.6 Å². The molecule has 0 aliphatic rings. The SMILES string of the molecule is CC(C)C(CN)c1ncc(-c2ccc[nH]2)[nH]1. The van der Waals surface area contributed by atoms with Crippen LogP contribution in [0.25, 0.3) is 11.4 Å². The quantitative estimate of drug-likeness (QED) is 0.735. The Morgan fingerprint density at radius 1 is 1.38 bits per heavy atom. The molecule has 16 heavy (non-hydrogen) atoms. The molecular weight excluding hydrogens is 200 g/mol. The Morgan fingerprint density at radius 2 is 2.19 bits per heavy atom. The van der Waals surface area contributed by atoms with E-state index >= 15 is 0 Å². The summed E-state index contributed by atoms with van der Waals surface area (Å²) in [6.07, 6.45) is 3.75. The van der Waals surface area contributed by atoms with E-state index in [9.17, 15) is 0 Å². The zero-order valence-electron chi connectivity index (χ0n) is 9.70. The number of aromatic amines is 2. The maximum Gasteiger partial charge on any atom is 0.111 e. The minimum absolute atomic E-state index is 0.295. The van der Waals surface area contributed by atoms with Crippen molar-refractivity contribution < 1.29 is 0 Å². The average molecular weight is 218 g/mol. The predicted octanol–water partition coefficient (Wildman–Crippen LogP) is 2.10. The Morgan fingerprint density at radius 3 is 2.75 bits per heavy atom. The third-order valence-electron chi connectivity index (χ3n) is 2.89. The molecule has 0 aromatic carbocycles. The van der Waals surface area contributed by atoms with E-state index in [0.717, 1.165) is 17.2 Å². The molecule has 2 aromatic heterocycles. The molecule has 4 heteroatoms. The lowest BCUT2D eigenvalue weighted by Crippen LogP contribution is -2.19. The molecule has 0 spiro atoms. The van der Waals surface area contributed by atoms with Crippen LogP contribution in [0.1, 0.15) is 25.6 Å². The van der Waals surface area contributed by atoms with Crippen LogP contribution in [0.3, 0.4) is 0 Å². The van der Waals surface area contributed by atoms with E-state index in [-0.39, 0.29) is 0 Å². The normalized spacial score (nSPS) is 13.2. The van der Waals surface area contributed by atoms with Crippen molar-refractivity contribution in [3.8, 4) is 11.4 Å². The number of nitrogens with zero attached hydrogens (tertiary/aromatic N) is 1. The Hall–Kier alpha value is -1.55. The molecule has 4 nitrogen and oxygen atoms in total. The maximum atomic E-state index is 5.77. The van der Waals surface area contributed by atoms with Crippen LogP contribution < -0.4 is 5.73 Å². The molecule has 0 saturated carbocycles. The molecule has 2 heterocycles. The minimum Gasteiger partial charge on any atom is -0.360 e. The monoisotopic (exact) mass is 218 g/mol. The number of hydrogen-bond acceptors (Lipinski definition) is 2. The van der Waals surface area contributed by atoms with Crippen LogP contribution in [0.2, 0.25) is 0 Å². The highest BCUT2D eigenvalue weighted by molar-refractivity contribution is 5.53. The second-order valence-electron chi connectivity index (χ2n) is 4.35. The van der Waals surface area contributed by atoms with Gasteiger partial charge in [-0.2, -0.15) is 0 Å². The molecule has 0 aliphatic carbocycles. The molecule has 2 aromatic rings. The van der Waals surface area contributed by atoms with E-state index in [1.165, 1.54) is 0 Å². The first-order chi connectivity index (χ1) is 7.72. The summed E-state index contributed by atoms with van der Waals surface area (Å²) in [5, 5.41) is 0. The zero-order chi connectivity index (χ0) is 11.5. The topological polar surface area (TPSA) is 70.5 Å². The average Bonchev–Trinajstić information content (AvgIpc) is 2.86. The van der Waals surface area contributed by atoms with Gasteiger partial charge in [0.1, 0.15) is 5.82 Å². The zero-order valence-corrected chi connectivity index (χ0v) is 9.70. The van der Waals surface area contributed by atoms with Gasteiger partial charge in [-0.25, -0.2) is 4.98 Å². The van der Waals surface area contributed by atoms with Crippen molar-refractivity contribution in [2.75, 3.05) is 6.54 Å². The van der Waals surface area contributed by atoms with Crippen molar-refractivity contribution in [3.63, 3.8) is 0 Å². The van der Waals surface area contributed by atoms with Crippen LogP contribution in [-0.4, -0.2) is 21.5 Å².